The number of benzene rings is 1. The second-order valence-electron chi connectivity index (χ2n) is 6.25. The number of amides is 1. The average Bonchev–Trinajstić information content (AvgIpc) is 3.20. The lowest BCUT2D eigenvalue weighted by Gasteiger charge is -2.21. The number of carbonyl (C=O) groups excluding carboxylic acids is 3. The molecule has 0 spiro atoms. The van der Waals surface area contributed by atoms with Crippen LogP contribution in [0.1, 0.15) is 41.8 Å². The molecule has 1 aromatic carbocycles. The largest absolute Gasteiger partial charge is 0.467 e. The fraction of sp³-hybridized carbons (Fsp3) is 0.350. The molecule has 0 bridgehead atoms. The van der Waals surface area contributed by atoms with Crippen molar-refractivity contribution in [3.8, 4) is 0 Å². The first kappa shape index (κ1) is 19.2. The Hall–Kier alpha value is -2.54. The van der Waals surface area contributed by atoms with E-state index in [0.29, 0.717) is 35.6 Å². The number of Topliss-reactive ketones (excluding diaryl/α,β-unsaturated/α-hetero) is 1. The minimum absolute atomic E-state index is 0.0166. The van der Waals surface area contributed by atoms with Crippen LogP contribution in [0, 0.1) is 0 Å². The highest BCUT2D eigenvalue weighted by Gasteiger charge is 2.27. The van der Waals surface area contributed by atoms with Crippen LogP contribution in [0.25, 0.3) is 0 Å². The van der Waals surface area contributed by atoms with Crippen molar-refractivity contribution in [3.63, 3.8) is 0 Å². The lowest BCUT2D eigenvalue weighted by Crippen LogP contribution is -2.30. The van der Waals surface area contributed by atoms with Gasteiger partial charge in [-0.15, -0.1) is 11.8 Å². The van der Waals surface area contributed by atoms with Gasteiger partial charge in [-0.25, -0.2) is 4.79 Å². The van der Waals surface area contributed by atoms with E-state index in [1.54, 1.807) is 42.7 Å². The molecule has 1 saturated carbocycles. The number of ether oxygens (including phenoxy) is 1. The number of hydrogen-bond donors (Lipinski definition) is 1. The summed E-state index contributed by atoms with van der Waals surface area (Å²) in [6.07, 6.45) is 3.68. The zero-order valence-electron chi connectivity index (χ0n) is 14.8. The van der Waals surface area contributed by atoms with Crippen LogP contribution in [0.5, 0.6) is 0 Å². The highest BCUT2D eigenvalue weighted by Crippen LogP contribution is 2.25. The summed E-state index contributed by atoms with van der Waals surface area (Å²) in [6, 6.07) is 10.5. The standard InChI is InChI=1S/C20H21NO5S/c22-16-8-2-3-9-17(16)26-20(24)15-7-1-4-10-18(15)27-13-19(23)21-12-14-6-5-11-25-14/h1,4-7,10-11,17H,2-3,8-9,12-13H2,(H,21,23)/t17-/m1/s1. The van der Waals surface area contributed by atoms with E-state index >= 15 is 0 Å². The third-order valence-electron chi connectivity index (χ3n) is 4.25. The third-order valence-corrected chi connectivity index (χ3v) is 5.33. The van der Waals surface area contributed by atoms with Gasteiger partial charge >= 0.3 is 5.97 Å². The molecule has 3 rings (SSSR count). The Morgan fingerprint density at radius 3 is 2.81 bits per heavy atom. The summed E-state index contributed by atoms with van der Waals surface area (Å²) in [5, 5.41) is 2.76. The SMILES string of the molecule is O=C(CSc1ccccc1C(=O)O[C@@H]1CCCCC1=O)NCc1ccco1. The number of furan rings is 1. The predicted molar refractivity (Wildman–Crippen MR) is 100 cm³/mol. The van der Waals surface area contributed by atoms with Crippen LogP contribution in [0.3, 0.4) is 0 Å². The van der Waals surface area contributed by atoms with E-state index in [0.717, 1.165) is 12.8 Å². The van der Waals surface area contributed by atoms with Gasteiger partial charge in [-0.3, -0.25) is 9.59 Å². The molecule has 1 heterocycles. The van der Waals surface area contributed by atoms with E-state index in [4.69, 9.17) is 9.15 Å². The number of esters is 1. The molecule has 0 saturated heterocycles. The molecule has 1 amide bonds. The number of thioether (sulfide) groups is 1. The van der Waals surface area contributed by atoms with Crippen molar-refractivity contribution in [1.29, 1.82) is 0 Å². The summed E-state index contributed by atoms with van der Waals surface area (Å²) in [6.45, 7) is 0.319. The molecule has 0 unspecified atom stereocenters. The Labute approximate surface area is 161 Å². The molecule has 7 heteroatoms. The van der Waals surface area contributed by atoms with E-state index in [1.807, 2.05) is 0 Å². The minimum atomic E-state index is -0.652. The molecule has 1 atom stereocenters. The quantitative estimate of drug-likeness (QED) is 0.579. The van der Waals surface area contributed by atoms with Crippen LogP contribution in [0.15, 0.2) is 52.0 Å². The lowest BCUT2D eigenvalue weighted by atomic mass is 9.96. The van der Waals surface area contributed by atoms with Crippen LogP contribution in [0.4, 0.5) is 0 Å². The molecule has 1 N–H and O–H groups in total. The highest BCUT2D eigenvalue weighted by atomic mass is 32.2. The van der Waals surface area contributed by atoms with Gasteiger partial charge in [0.15, 0.2) is 11.9 Å². The normalized spacial score (nSPS) is 16.7. The lowest BCUT2D eigenvalue weighted by molar-refractivity contribution is -0.130. The maximum absolute atomic E-state index is 12.5. The fourth-order valence-corrected chi connectivity index (χ4v) is 3.69. The monoisotopic (exact) mass is 387 g/mol. The van der Waals surface area contributed by atoms with Crippen molar-refractivity contribution >= 4 is 29.4 Å². The van der Waals surface area contributed by atoms with E-state index in [2.05, 4.69) is 5.32 Å². The van der Waals surface area contributed by atoms with Crippen molar-refractivity contribution < 1.29 is 23.5 Å². The van der Waals surface area contributed by atoms with Gasteiger partial charge in [0.2, 0.25) is 5.91 Å². The molecule has 142 valence electrons. The van der Waals surface area contributed by atoms with E-state index in [9.17, 15) is 14.4 Å². The number of carbonyl (C=O) groups is 3. The minimum Gasteiger partial charge on any atom is -0.467 e. The van der Waals surface area contributed by atoms with Crippen LogP contribution in [-0.4, -0.2) is 29.5 Å². The van der Waals surface area contributed by atoms with Gasteiger partial charge in [-0.2, -0.15) is 0 Å². The van der Waals surface area contributed by atoms with Gasteiger partial charge < -0.3 is 14.5 Å². The maximum Gasteiger partial charge on any atom is 0.339 e. The number of ketones is 1. The molecule has 0 aliphatic heterocycles. The van der Waals surface area contributed by atoms with Crippen LogP contribution < -0.4 is 5.32 Å². The van der Waals surface area contributed by atoms with Gasteiger partial charge in [-0.05, 0) is 43.5 Å². The molecule has 0 radical (unpaired) electrons. The van der Waals surface area contributed by atoms with E-state index in [1.165, 1.54) is 11.8 Å². The van der Waals surface area contributed by atoms with Crippen molar-refractivity contribution in [1.82, 2.24) is 5.32 Å². The van der Waals surface area contributed by atoms with E-state index < -0.39 is 12.1 Å². The first-order valence-electron chi connectivity index (χ1n) is 8.88. The zero-order chi connectivity index (χ0) is 19.1. The third kappa shape index (κ3) is 5.47. The van der Waals surface area contributed by atoms with Crippen molar-refractivity contribution in [2.75, 3.05) is 5.75 Å². The first-order valence-corrected chi connectivity index (χ1v) is 9.86. The second-order valence-corrected chi connectivity index (χ2v) is 7.26. The van der Waals surface area contributed by atoms with E-state index in [-0.39, 0.29) is 17.4 Å². The predicted octanol–water partition coefficient (Wildman–Crippen LogP) is 3.36. The molecular weight excluding hydrogens is 366 g/mol. The number of nitrogens with one attached hydrogen (secondary N) is 1. The Kier molecular flexibility index (Phi) is 6.70. The summed E-state index contributed by atoms with van der Waals surface area (Å²) in [5.74, 6) is 0.135. The fourth-order valence-electron chi connectivity index (χ4n) is 2.82. The number of hydrogen-bond acceptors (Lipinski definition) is 6. The molecule has 1 aliphatic rings. The zero-order valence-corrected chi connectivity index (χ0v) is 15.6. The Morgan fingerprint density at radius 1 is 1.19 bits per heavy atom. The Bertz CT molecular complexity index is 802. The highest BCUT2D eigenvalue weighted by molar-refractivity contribution is 8.00. The summed E-state index contributed by atoms with van der Waals surface area (Å²) >= 11 is 1.26. The summed E-state index contributed by atoms with van der Waals surface area (Å²) in [5.41, 5.74) is 0.375. The van der Waals surface area contributed by atoms with Gasteiger partial charge in [0.25, 0.3) is 0 Å². The Morgan fingerprint density at radius 2 is 2.04 bits per heavy atom. The van der Waals surface area contributed by atoms with Crippen LogP contribution in [-0.2, 0) is 20.9 Å². The van der Waals surface area contributed by atoms with Crippen LogP contribution in [0.2, 0.25) is 0 Å². The van der Waals surface area contributed by atoms with Gasteiger partial charge in [0, 0.05) is 11.3 Å². The summed E-state index contributed by atoms with van der Waals surface area (Å²) in [4.78, 5) is 37.1. The van der Waals surface area contributed by atoms with Crippen LogP contribution >= 0.6 is 11.8 Å². The maximum atomic E-state index is 12.5. The molecular formula is C20H21NO5S. The van der Waals surface area contributed by atoms with Crippen molar-refractivity contribution in [3.05, 3.63) is 54.0 Å². The molecule has 1 aliphatic carbocycles. The average molecular weight is 387 g/mol. The summed E-state index contributed by atoms with van der Waals surface area (Å²) in [7, 11) is 0. The van der Waals surface area contributed by atoms with Gasteiger partial charge in [0.05, 0.1) is 24.1 Å². The Balaban J connectivity index is 1.55. The number of rotatable bonds is 7. The van der Waals surface area contributed by atoms with Crippen molar-refractivity contribution in [2.45, 2.75) is 43.2 Å². The molecule has 1 fully saturated rings. The van der Waals surface area contributed by atoms with Gasteiger partial charge in [0.1, 0.15) is 5.76 Å². The second kappa shape index (κ2) is 9.41. The molecule has 1 aromatic heterocycles. The molecule has 2 aromatic rings. The smallest absolute Gasteiger partial charge is 0.339 e. The van der Waals surface area contributed by atoms with Gasteiger partial charge in [-0.1, -0.05) is 12.1 Å². The summed E-state index contributed by atoms with van der Waals surface area (Å²) < 4.78 is 10.6. The molecule has 6 nitrogen and oxygen atoms in total. The van der Waals surface area contributed by atoms with Crippen molar-refractivity contribution in [2.24, 2.45) is 0 Å². The molecule has 27 heavy (non-hydrogen) atoms. The topological polar surface area (TPSA) is 85.6 Å². The first-order chi connectivity index (χ1) is 13.1.